The van der Waals surface area contributed by atoms with Gasteiger partial charge in [-0.15, -0.1) is 0 Å². The average Bonchev–Trinajstić information content (AvgIpc) is 3.45. The highest BCUT2D eigenvalue weighted by Crippen LogP contribution is 2.51. The molecule has 0 aliphatic carbocycles. The van der Waals surface area contributed by atoms with Gasteiger partial charge in [0.15, 0.2) is 6.17 Å². The zero-order valence-electron chi connectivity index (χ0n) is 19.6. The molecule has 8 nitrogen and oxygen atoms in total. The average molecular weight is 447 g/mol. The molecule has 4 heterocycles. The number of ether oxygens (including phenoxy) is 1. The summed E-state index contributed by atoms with van der Waals surface area (Å²) < 4.78 is 7.05. The summed E-state index contributed by atoms with van der Waals surface area (Å²) in [6.45, 7) is 7.54. The van der Waals surface area contributed by atoms with Crippen LogP contribution in [-0.2, 0) is 21.5 Å². The van der Waals surface area contributed by atoms with Crippen LogP contribution in [0.1, 0.15) is 39.2 Å². The third-order valence-corrected chi connectivity index (χ3v) is 6.88. The fourth-order valence-corrected chi connectivity index (χ4v) is 5.39. The number of nitrogens with zero attached hydrogens (tertiary/aromatic N) is 4. The monoisotopic (exact) mass is 446 g/mol. The third kappa shape index (κ3) is 3.49. The van der Waals surface area contributed by atoms with E-state index in [0.29, 0.717) is 13.2 Å². The van der Waals surface area contributed by atoms with Crippen LogP contribution in [0.3, 0.4) is 0 Å². The number of rotatable bonds is 6. The second kappa shape index (κ2) is 7.95. The number of azo groups is 1. The molecule has 3 aliphatic heterocycles. The Kier molecular flexibility index (Phi) is 5.20. The van der Waals surface area contributed by atoms with Crippen molar-refractivity contribution < 1.29 is 9.53 Å². The lowest BCUT2D eigenvalue weighted by Gasteiger charge is -2.48. The van der Waals surface area contributed by atoms with Crippen molar-refractivity contribution in [3.8, 4) is 11.1 Å². The van der Waals surface area contributed by atoms with Gasteiger partial charge in [0.25, 0.3) is 5.91 Å². The number of fused-ring (bicyclic) bond motifs is 1. The van der Waals surface area contributed by atoms with Gasteiger partial charge in [0, 0.05) is 42.1 Å². The second-order valence-electron chi connectivity index (χ2n) is 9.56. The molecule has 0 fully saturated rings. The predicted octanol–water partition coefficient (Wildman–Crippen LogP) is 3.68. The Bertz CT molecular complexity index is 1190. The fraction of sp³-hybridized carbons (Fsp3) is 0.440. The molecule has 33 heavy (non-hydrogen) atoms. The molecule has 5 rings (SSSR count). The normalized spacial score (nSPS) is 25.3. The van der Waals surface area contributed by atoms with E-state index in [9.17, 15) is 4.79 Å². The molecule has 0 bridgehead atoms. The molecule has 1 aromatic heterocycles. The summed E-state index contributed by atoms with van der Waals surface area (Å²) in [4.78, 5) is 13.5. The fourth-order valence-electron chi connectivity index (χ4n) is 5.39. The number of methoxy groups -OCH3 is 1. The summed E-state index contributed by atoms with van der Waals surface area (Å²) in [5, 5.41) is 19.9. The molecular weight excluding hydrogens is 416 g/mol. The van der Waals surface area contributed by atoms with E-state index in [-0.39, 0.29) is 17.6 Å². The van der Waals surface area contributed by atoms with E-state index in [1.165, 1.54) is 0 Å². The van der Waals surface area contributed by atoms with Crippen LogP contribution in [0.15, 0.2) is 69.9 Å². The third-order valence-electron chi connectivity index (χ3n) is 6.88. The maximum atomic E-state index is 13.5. The molecule has 0 saturated heterocycles. The highest BCUT2D eigenvalue weighted by atomic mass is 16.5. The Balaban J connectivity index is 1.64. The van der Waals surface area contributed by atoms with Crippen molar-refractivity contribution in [2.75, 3.05) is 13.7 Å². The van der Waals surface area contributed by atoms with E-state index in [2.05, 4.69) is 57.1 Å². The van der Waals surface area contributed by atoms with Crippen molar-refractivity contribution in [1.29, 1.82) is 0 Å². The van der Waals surface area contributed by atoms with Gasteiger partial charge in [-0.2, -0.15) is 15.3 Å². The Labute approximate surface area is 193 Å². The van der Waals surface area contributed by atoms with Gasteiger partial charge in [-0.3, -0.25) is 9.48 Å². The first kappa shape index (κ1) is 21.6. The van der Waals surface area contributed by atoms with E-state index in [0.717, 1.165) is 46.4 Å². The second-order valence-corrected chi connectivity index (χ2v) is 9.56. The number of carbonyl (C=O) groups is 1. The van der Waals surface area contributed by atoms with E-state index < -0.39 is 5.41 Å². The SMILES string of the molecule is CC[C@@]1(c2cccc(-c3cnn(CCOC)c3)c2)C2=CN=NC2NC2=C1C(=O)NC(C)(C)C2. The molecule has 2 N–H and O–H groups in total. The van der Waals surface area contributed by atoms with Crippen LogP contribution in [0.2, 0.25) is 0 Å². The van der Waals surface area contributed by atoms with Gasteiger partial charge in [-0.05, 0) is 37.5 Å². The molecule has 2 atom stereocenters. The van der Waals surface area contributed by atoms with Gasteiger partial charge in [-0.1, -0.05) is 25.1 Å². The van der Waals surface area contributed by atoms with Crippen LogP contribution in [0.25, 0.3) is 11.1 Å². The van der Waals surface area contributed by atoms with E-state index in [1.54, 1.807) is 7.11 Å². The first-order valence-electron chi connectivity index (χ1n) is 11.4. The summed E-state index contributed by atoms with van der Waals surface area (Å²) >= 11 is 0. The summed E-state index contributed by atoms with van der Waals surface area (Å²) in [5.74, 6) is -0.0281. The van der Waals surface area contributed by atoms with Crippen molar-refractivity contribution in [2.45, 2.75) is 57.3 Å². The summed E-state index contributed by atoms with van der Waals surface area (Å²) in [6.07, 6.45) is 6.94. The zero-order valence-corrected chi connectivity index (χ0v) is 19.6. The van der Waals surface area contributed by atoms with Gasteiger partial charge in [0.05, 0.1) is 36.5 Å². The van der Waals surface area contributed by atoms with Crippen molar-refractivity contribution >= 4 is 5.91 Å². The minimum absolute atomic E-state index is 0.0281. The summed E-state index contributed by atoms with van der Waals surface area (Å²) in [5.41, 5.74) is 5.01. The minimum Gasteiger partial charge on any atom is -0.383 e. The molecular formula is C25H30N6O2. The number of benzene rings is 1. The molecule has 3 aliphatic rings. The van der Waals surface area contributed by atoms with Crippen molar-refractivity contribution in [3.05, 3.63) is 65.3 Å². The van der Waals surface area contributed by atoms with Crippen LogP contribution < -0.4 is 10.6 Å². The zero-order chi connectivity index (χ0) is 23.2. The molecule has 0 spiro atoms. The maximum Gasteiger partial charge on any atom is 0.250 e. The predicted molar refractivity (Wildman–Crippen MR) is 125 cm³/mol. The van der Waals surface area contributed by atoms with Crippen molar-refractivity contribution in [3.63, 3.8) is 0 Å². The van der Waals surface area contributed by atoms with Crippen LogP contribution in [0.4, 0.5) is 0 Å². The molecule has 0 radical (unpaired) electrons. The van der Waals surface area contributed by atoms with Crippen LogP contribution in [-0.4, -0.2) is 41.1 Å². The molecule has 1 aromatic carbocycles. The van der Waals surface area contributed by atoms with Gasteiger partial charge in [-0.25, -0.2) is 0 Å². The molecule has 1 unspecified atom stereocenters. The standard InChI is InChI=1S/C25H30N6O2/c1-5-25(18-8-6-7-16(11-18)17-13-27-31(15-17)9-10-33-4)19-14-26-30-22(19)28-20-12-24(2,3)29-23(32)21(20)25/h6-8,11,13-15,22,28H,5,9-10,12H2,1-4H3,(H,29,32)/t22?,25-/m1/s1. The first-order valence-corrected chi connectivity index (χ1v) is 11.4. The van der Waals surface area contributed by atoms with Crippen LogP contribution >= 0.6 is 0 Å². The Morgan fingerprint density at radius 1 is 1.27 bits per heavy atom. The van der Waals surface area contributed by atoms with Crippen LogP contribution in [0, 0.1) is 0 Å². The van der Waals surface area contributed by atoms with Gasteiger partial charge < -0.3 is 15.4 Å². The minimum atomic E-state index is -0.600. The molecule has 2 aromatic rings. The quantitative estimate of drug-likeness (QED) is 0.708. The Hall–Kier alpha value is -3.26. The van der Waals surface area contributed by atoms with Crippen molar-refractivity contribution in [1.82, 2.24) is 20.4 Å². The number of nitrogens with one attached hydrogen (secondary N) is 2. The molecule has 0 saturated carbocycles. The highest BCUT2D eigenvalue weighted by Gasteiger charge is 2.53. The Morgan fingerprint density at radius 2 is 2.12 bits per heavy atom. The topological polar surface area (TPSA) is 92.9 Å². The lowest BCUT2D eigenvalue weighted by molar-refractivity contribution is -0.120. The first-order chi connectivity index (χ1) is 15.9. The summed E-state index contributed by atoms with van der Waals surface area (Å²) in [6, 6.07) is 8.43. The van der Waals surface area contributed by atoms with Gasteiger partial charge in [0.1, 0.15) is 0 Å². The van der Waals surface area contributed by atoms with Gasteiger partial charge in [0.2, 0.25) is 0 Å². The van der Waals surface area contributed by atoms with E-state index in [4.69, 9.17) is 4.74 Å². The lowest BCUT2D eigenvalue weighted by atomic mass is 9.62. The maximum absolute atomic E-state index is 13.5. The van der Waals surface area contributed by atoms with Crippen LogP contribution in [0.5, 0.6) is 0 Å². The number of carbonyl (C=O) groups excluding carboxylic acids is 1. The largest absolute Gasteiger partial charge is 0.383 e. The molecule has 172 valence electrons. The number of aromatic nitrogens is 2. The number of hydrogen-bond acceptors (Lipinski definition) is 6. The Morgan fingerprint density at radius 3 is 2.91 bits per heavy atom. The van der Waals surface area contributed by atoms with Gasteiger partial charge >= 0.3 is 0 Å². The lowest BCUT2D eigenvalue weighted by Crippen LogP contribution is -2.58. The van der Waals surface area contributed by atoms with E-state index in [1.807, 2.05) is 37.1 Å². The highest BCUT2D eigenvalue weighted by molar-refractivity contribution is 6.00. The van der Waals surface area contributed by atoms with E-state index >= 15 is 0 Å². The smallest absolute Gasteiger partial charge is 0.250 e. The number of amides is 1. The van der Waals surface area contributed by atoms with Crippen molar-refractivity contribution in [2.24, 2.45) is 10.2 Å². The molecule has 8 heteroatoms. The summed E-state index contributed by atoms with van der Waals surface area (Å²) in [7, 11) is 1.69. The number of hydrogen-bond donors (Lipinski definition) is 2. The molecule has 1 amide bonds.